The number of carboxylic acids is 1. The third-order valence-electron chi connectivity index (χ3n) is 4.47. The molecule has 1 aliphatic carbocycles. The van der Waals surface area contributed by atoms with Crippen LogP contribution >= 0.6 is 0 Å². The van der Waals surface area contributed by atoms with E-state index in [1.807, 2.05) is 6.07 Å². The zero-order chi connectivity index (χ0) is 14.3. The van der Waals surface area contributed by atoms with Crippen molar-refractivity contribution < 1.29 is 9.90 Å². The lowest BCUT2D eigenvalue weighted by molar-refractivity contribution is 0.0697. The van der Waals surface area contributed by atoms with Gasteiger partial charge < -0.3 is 9.67 Å². The summed E-state index contributed by atoms with van der Waals surface area (Å²) in [7, 11) is 0. The van der Waals surface area contributed by atoms with E-state index in [1.54, 1.807) is 12.1 Å². The SMILES string of the molecule is CCc1nc2ccc(C(=O)O)cc2n1C1CCCC1C. The number of aromatic carboxylic acids is 1. The maximum atomic E-state index is 11.2. The normalized spacial score (nSPS) is 22.5. The van der Waals surface area contributed by atoms with Crippen LogP contribution in [0, 0.1) is 5.92 Å². The fraction of sp³-hybridized carbons (Fsp3) is 0.500. The van der Waals surface area contributed by atoms with Crippen molar-refractivity contribution in [2.75, 3.05) is 0 Å². The van der Waals surface area contributed by atoms with E-state index in [0.717, 1.165) is 29.7 Å². The predicted octanol–water partition coefficient (Wildman–Crippen LogP) is 3.66. The molecule has 20 heavy (non-hydrogen) atoms. The lowest BCUT2D eigenvalue weighted by Gasteiger charge is -2.20. The average Bonchev–Trinajstić information content (AvgIpc) is 3.00. The molecule has 1 fully saturated rings. The summed E-state index contributed by atoms with van der Waals surface area (Å²) in [4.78, 5) is 15.9. The van der Waals surface area contributed by atoms with E-state index >= 15 is 0 Å². The van der Waals surface area contributed by atoms with Gasteiger partial charge in [0.1, 0.15) is 5.82 Å². The molecule has 3 rings (SSSR count). The molecule has 1 N–H and O–H groups in total. The van der Waals surface area contributed by atoms with Gasteiger partial charge >= 0.3 is 5.97 Å². The number of benzene rings is 1. The summed E-state index contributed by atoms with van der Waals surface area (Å²) in [5.41, 5.74) is 2.22. The molecule has 1 heterocycles. The number of carboxylic acid groups (broad SMARTS) is 1. The van der Waals surface area contributed by atoms with Crippen LogP contribution < -0.4 is 0 Å². The first kappa shape index (κ1) is 13.2. The molecule has 1 saturated carbocycles. The zero-order valence-corrected chi connectivity index (χ0v) is 12.0. The smallest absolute Gasteiger partial charge is 0.335 e. The number of fused-ring (bicyclic) bond motifs is 1. The van der Waals surface area contributed by atoms with Crippen LogP contribution in [-0.4, -0.2) is 20.6 Å². The third-order valence-corrected chi connectivity index (χ3v) is 4.47. The van der Waals surface area contributed by atoms with Gasteiger partial charge in [0.2, 0.25) is 0 Å². The van der Waals surface area contributed by atoms with Crippen molar-refractivity contribution in [1.82, 2.24) is 9.55 Å². The Morgan fingerprint density at radius 1 is 1.45 bits per heavy atom. The van der Waals surface area contributed by atoms with Crippen molar-refractivity contribution in [3.8, 4) is 0 Å². The molecule has 2 aromatic rings. The Morgan fingerprint density at radius 2 is 2.25 bits per heavy atom. The largest absolute Gasteiger partial charge is 0.478 e. The second-order valence-electron chi connectivity index (χ2n) is 5.74. The van der Waals surface area contributed by atoms with Crippen LogP contribution in [0.4, 0.5) is 0 Å². The molecule has 1 aromatic carbocycles. The molecule has 0 saturated heterocycles. The fourth-order valence-corrected chi connectivity index (χ4v) is 3.40. The van der Waals surface area contributed by atoms with Crippen molar-refractivity contribution in [2.24, 2.45) is 5.92 Å². The van der Waals surface area contributed by atoms with Gasteiger partial charge in [0, 0.05) is 12.5 Å². The summed E-state index contributed by atoms with van der Waals surface area (Å²) in [5.74, 6) is 0.824. The molecule has 4 heteroatoms. The fourth-order valence-electron chi connectivity index (χ4n) is 3.40. The van der Waals surface area contributed by atoms with Crippen LogP contribution in [0.2, 0.25) is 0 Å². The summed E-state index contributed by atoms with van der Waals surface area (Å²) >= 11 is 0. The number of nitrogens with zero attached hydrogens (tertiary/aromatic N) is 2. The van der Waals surface area contributed by atoms with Gasteiger partial charge in [0.25, 0.3) is 0 Å². The van der Waals surface area contributed by atoms with Crippen LogP contribution in [0.5, 0.6) is 0 Å². The minimum absolute atomic E-state index is 0.340. The highest BCUT2D eigenvalue weighted by molar-refractivity contribution is 5.92. The van der Waals surface area contributed by atoms with Crippen LogP contribution in [0.3, 0.4) is 0 Å². The first-order valence-corrected chi connectivity index (χ1v) is 7.36. The second-order valence-corrected chi connectivity index (χ2v) is 5.74. The molecule has 106 valence electrons. The van der Waals surface area contributed by atoms with Crippen LogP contribution in [-0.2, 0) is 6.42 Å². The quantitative estimate of drug-likeness (QED) is 0.927. The summed E-state index contributed by atoms with van der Waals surface area (Å²) < 4.78 is 2.29. The number of aromatic nitrogens is 2. The molecule has 2 atom stereocenters. The van der Waals surface area contributed by atoms with Crippen LogP contribution in [0.15, 0.2) is 18.2 Å². The summed E-state index contributed by atoms with van der Waals surface area (Å²) in [5, 5.41) is 9.19. The van der Waals surface area contributed by atoms with E-state index in [9.17, 15) is 9.90 Å². The molecule has 0 spiro atoms. The summed E-state index contributed by atoms with van der Waals surface area (Å²) in [6, 6.07) is 5.70. The predicted molar refractivity (Wildman–Crippen MR) is 78.1 cm³/mol. The minimum Gasteiger partial charge on any atom is -0.478 e. The highest BCUT2D eigenvalue weighted by Gasteiger charge is 2.28. The Bertz CT molecular complexity index is 660. The minimum atomic E-state index is -0.878. The lowest BCUT2D eigenvalue weighted by atomic mass is 10.1. The van der Waals surface area contributed by atoms with Crippen molar-refractivity contribution in [1.29, 1.82) is 0 Å². The number of imidazole rings is 1. The van der Waals surface area contributed by atoms with Gasteiger partial charge in [-0.15, -0.1) is 0 Å². The van der Waals surface area contributed by atoms with Gasteiger partial charge in [-0.05, 0) is 37.0 Å². The number of aryl methyl sites for hydroxylation is 1. The first-order chi connectivity index (χ1) is 9.61. The third kappa shape index (κ3) is 1.99. The van der Waals surface area contributed by atoms with Gasteiger partial charge in [0.05, 0.1) is 16.6 Å². The molecule has 0 bridgehead atoms. The zero-order valence-electron chi connectivity index (χ0n) is 12.0. The van der Waals surface area contributed by atoms with Gasteiger partial charge in [0.15, 0.2) is 0 Å². The highest BCUT2D eigenvalue weighted by Crippen LogP contribution is 2.38. The van der Waals surface area contributed by atoms with Crippen molar-refractivity contribution in [3.05, 3.63) is 29.6 Å². The first-order valence-electron chi connectivity index (χ1n) is 7.36. The Balaban J connectivity index is 2.21. The number of rotatable bonds is 3. The Labute approximate surface area is 118 Å². The van der Waals surface area contributed by atoms with Crippen molar-refractivity contribution in [2.45, 2.75) is 45.6 Å². The standard InChI is InChI=1S/C16H20N2O2/c1-3-15-17-12-8-7-11(16(19)20)9-14(12)18(15)13-6-4-5-10(13)2/h7-10,13H,3-6H2,1-2H3,(H,19,20). The summed E-state index contributed by atoms with van der Waals surface area (Å²) in [6.07, 6.45) is 4.52. The number of hydrogen-bond donors (Lipinski definition) is 1. The summed E-state index contributed by atoms with van der Waals surface area (Å²) in [6.45, 7) is 4.39. The molecule has 1 aliphatic rings. The maximum absolute atomic E-state index is 11.2. The van der Waals surface area contributed by atoms with Crippen molar-refractivity contribution in [3.63, 3.8) is 0 Å². The van der Waals surface area contributed by atoms with E-state index in [4.69, 9.17) is 0 Å². The molecule has 2 unspecified atom stereocenters. The van der Waals surface area contributed by atoms with E-state index in [2.05, 4.69) is 23.4 Å². The van der Waals surface area contributed by atoms with E-state index in [-0.39, 0.29) is 0 Å². The van der Waals surface area contributed by atoms with E-state index in [1.165, 1.54) is 12.8 Å². The topological polar surface area (TPSA) is 55.1 Å². The van der Waals surface area contributed by atoms with Gasteiger partial charge in [-0.3, -0.25) is 0 Å². The molecule has 4 nitrogen and oxygen atoms in total. The van der Waals surface area contributed by atoms with E-state index < -0.39 is 5.97 Å². The maximum Gasteiger partial charge on any atom is 0.335 e. The van der Waals surface area contributed by atoms with Crippen LogP contribution in [0.25, 0.3) is 11.0 Å². The second kappa shape index (κ2) is 4.93. The number of carbonyl (C=O) groups is 1. The lowest BCUT2D eigenvalue weighted by Crippen LogP contribution is -2.14. The molecular weight excluding hydrogens is 252 g/mol. The highest BCUT2D eigenvalue weighted by atomic mass is 16.4. The van der Waals surface area contributed by atoms with Crippen molar-refractivity contribution >= 4 is 17.0 Å². The van der Waals surface area contributed by atoms with Gasteiger partial charge in [-0.2, -0.15) is 0 Å². The molecule has 1 aromatic heterocycles. The Morgan fingerprint density at radius 3 is 2.85 bits per heavy atom. The average molecular weight is 272 g/mol. The monoisotopic (exact) mass is 272 g/mol. The molecule has 0 aliphatic heterocycles. The molecule has 0 radical (unpaired) electrons. The van der Waals surface area contributed by atoms with Gasteiger partial charge in [-0.1, -0.05) is 20.3 Å². The Hall–Kier alpha value is -1.84. The molecular formula is C16H20N2O2. The van der Waals surface area contributed by atoms with Gasteiger partial charge in [-0.25, -0.2) is 9.78 Å². The number of hydrogen-bond acceptors (Lipinski definition) is 2. The molecule has 0 amide bonds. The van der Waals surface area contributed by atoms with Crippen LogP contribution in [0.1, 0.15) is 55.3 Å². The van der Waals surface area contributed by atoms with E-state index in [0.29, 0.717) is 17.5 Å². The Kier molecular flexibility index (Phi) is 3.24.